The van der Waals surface area contributed by atoms with Crippen molar-refractivity contribution in [3.05, 3.63) is 11.6 Å². The molecule has 70 valence electrons. The largest absolute Gasteiger partial charge is 0.463 e. The van der Waals surface area contributed by atoms with Crippen molar-refractivity contribution in [3.63, 3.8) is 0 Å². The van der Waals surface area contributed by atoms with E-state index in [1.165, 1.54) is 0 Å². The molecule has 1 N–H and O–H groups in total. The number of aliphatic hydroxyl groups excluding tert-OH is 1. The predicted molar refractivity (Wildman–Crippen MR) is 46.6 cm³/mol. The van der Waals surface area contributed by atoms with E-state index in [-0.39, 0.29) is 18.5 Å². The fourth-order valence-electron chi connectivity index (χ4n) is 0.792. The summed E-state index contributed by atoms with van der Waals surface area (Å²) in [7, 11) is 0. The van der Waals surface area contributed by atoms with Crippen molar-refractivity contribution in [2.24, 2.45) is 5.92 Å². The zero-order valence-corrected chi connectivity index (χ0v) is 7.83. The average Bonchev–Trinajstić information content (AvgIpc) is 2.04. The molecular weight excluding hydrogens is 156 g/mol. The minimum atomic E-state index is -0.308. The highest BCUT2D eigenvalue weighted by molar-refractivity contribution is 5.87. The monoisotopic (exact) mass is 172 g/mol. The van der Waals surface area contributed by atoms with E-state index in [1.807, 2.05) is 6.92 Å². The Morgan fingerprint density at radius 3 is 2.67 bits per heavy atom. The number of hydrogen-bond acceptors (Lipinski definition) is 3. The van der Waals surface area contributed by atoms with Crippen LogP contribution in [0.2, 0.25) is 0 Å². The summed E-state index contributed by atoms with van der Waals surface area (Å²) in [6, 6.07) is 0. The van der Waals surface area contributed by atoms with Crippen molar-refractivity contribution in [2.75, 3.05) is 13.2 Å². The highest BCUT2D eigenvalue weighted by Crippen LogP contribution is 2.03. The first kappa shape index (κ1) is 11.2. The van der Waals surface area contributed by atoms with Gasteiger partial charge < -0.3 is 9.84 Å². The molecule has 0 aromatic heterocycles. The van der Waals surface area contributed by atoms with Crippen LogP contribution >= 0.6 is 0 Å². The van der Waals surface area contributed by atoms with Crippen molar-refractivity contribution in [3.8, 4) is 0 Å². The van der Waals surface area contributed by atoms with Crippen molar-refractivity contribution in [1.82, 2.24) is 0 Å². The Hall–Kier alpha value is -0.830. The van der Waals surface area contributed by atoms with Crippen LogP contribution in [0.4, 0.5) is 0 Å². The van der Waals surface area contributed by atoms with Crippen molar-refractivity contribution < 1.29 is 14.6 Å². The molecule has 0 saturated heterocycles. The average molecular weight is 172 g/mol. The number of carbonyl (C=O) groups is 1. The van der Waals surface area contributed by atoms with E-state index in [9.17, 15) is 4.79 Å². The van der Waals surface area contributed by atoms with Crippen LogP contribution < -0.4 is 0 Å². The maximum Gasteiger partial charge on any atom is 0.333 e. The summed E-state index contributed by atoms with van der Waals surface area (Å²) in [6.07, 6.45) is 1.71. The minimum Gasteiger partial charge on any atom is -0.463 e. The summed E-state index contributed by atoms with van der Waals surface area (Å²) in [5.74, 6) is -0.299. The molecular formula is C9H16O3. The normalized spacial score (nSPS) is 14.2. The van der Waals surface area contributed by atoms with Gasteiger partial charge in [0.15, 0.2) is 0 Å². The molecule has 3 heteroatoms. The Labute approximate surface area is 73.0 Å². The molecule has 0 heterocycles. The second kappa shape index (κ2) is 5.77. The number of ether oxygens (including phenoxy) is 1. The molecule has 3 nitrogen and oxygen atoms in total. The van der Waals surface area contributed by atoms with Gasteiger partial charge >= 0.3 is 5.97 Å². The zero-order valence-electron chi connectivity index (χ0n) is 7.83. The van der Waals surface area contributed by atoms with E-state index in [0.29, 0.717) is 12.2 Å². The second-order valence-electron chi connectivity index (χ2n) is 2.73. The third kappa shape index (κ3) is 4.13. The number of hydrogen-bond donors (Lipinski definition) is 1. The minimum absolute atomic E-state index is 0.00871. The molecule has 0 unspecified atom stereocenters. The maximum absolute atomic E-state index is 11.0. The quantitative estimate of drug-likeness (QED) is 0.510. The Bertz CT molecular complexity index is 173. The van der Waals surface area contributed by atoms with E-state index in [1.54, 1.807) is 19.9 Å². The molecule has 0 aromatic rings. The summed E-state index contributed by atoms with van der Waals surface area (Å²) < 4.78 is 4.76. The second-order valence-corrected chi connectivity index (χ2v) is 2.73. The molecule has 0 rings (SSSR count). The van der Waals surface area contributed by atoms with Gasteiger partial charge in [0.05, 0.1) is 6.61 Å². The predicted octanol–water partition coefficient (Wildman–Crippen LogP) is 1.12. The first-order valence-corrected chi connectivity index (χ1v) is 4.08. The van der Waals surface area contributed by atoms with E-state index < -0.39 is 0 Å². The first-order chi connectivity index (χ1) is 5.61. The highest BCUT2D eigenvalue weighted by Gasteiger charge is 2.05. The number of aliphatic hydroxyl groups is 1. The molecule has 0 amide bonds. The summed E-state index contributed by atoms with van der Waals surface area (Å²) in [4.78, 5) is 11.0. The number of esters is 1. The van der Waals surface area contributed by atoms with Crippen LogP contribution in [0.1, 0.15) is 20.8 Å². The van der Waals surface area contributed by atoms with Gasteiger partial charge in [0, 0.05) is 12.2 Å². The van der Waals surface area contributed by atoms with Crippen LogP contribution in [0, 0.1) is 5.92 Å². The standard InChI is InChI=1S/C9H16O3/c1-4-12-9(11)8(3)5-7(2)6-10/h5,7,10H,4,6H2,1-3H3/b8-5+/t7-/m1/s1. The molecule has 0 aliphatic heterocycles. The summed E-state index contributed by atoms with van der Waals surface area (Å²) in [6.45, 7) is 5.72. The third-order valence-corrected chi connectivity index (χ3v) is 1.42. The van der Waals surface area contributed by atoms with Gasteiger partial charge in [-0.15, -0.1) is 0 Å². The number of rotatable bonds is 4. The smallest absolute Gasteiger partial charge is 0.333 e. The van der Waals surface area contributed by atoms with Crippen LogP contribution in [-0.2, 0) is 9.53 Å². The molecule has 0 fully saturated rings. The molecule has 0 bridgehead atoms. The van der Waals surface area contributed by atoms with Crippen LogP contribution in [-0.4, -0.2) is 24.3 Å². The molecule has 0 saturated carbocycles. The lowest BCUT2D eigenvalue weighted by atomic mass is 10.1. The molecule has 0 radical (unpaired) electrons. The Morgan fingerprint density at radius 1 is 1.67 bits per heavy atom. The van der Waals surface area contributed by atoms with E-state index in [2.05, 4.69) is 0 Å². The maximum atomic E-state index is 11.0. The number of carbonyl (C=O) groups excluding carboxylic acids is 1. The Kier molecular flexibility index (Phi) is 5.37. The fraction of sp³-hybridized carbons (Fsp3) is 0.667. The molecule has 0 aliphatic carbocycles. The summed E-state index contributed by atoms with van der Waals surface area (Å²) in [5.41, 5.74) is 0.554. The van der Waals surface area contributed by atoms with Gasteiger partial charge in [0.1, 0.15) is 0 Å². The van der Waals surface area contributed by atoms with Gasteiger partial charge in [0.2, 0.25) is 0 Å². The van der Waals surface area contributed by atoms with Gasteiger partial charge in [-0.05, 0) is 19.8 Å². The van der Waals surface area contributed by atoms with Crippen molar-refractivity contribution in [1.29, 1.82) is 0 Å². The lowest BCUT2D eigenvalue weighted by Gasteiger charge is -2.04. The van der Waals surface area contributed by atoms with Crippen LogP contribution in [0.3, 0.4) is 0 Å². The lowest BCUT2D eigenvalue weighted by Crippen LogP contribution is -2.07. The zero-order chi connectivity index (χ0) is 9.56. The van der Waals surface area contributed by atoms with Crippen molar-refractivity contribution in [2.45, 2.75) is 20.8 Å². The summed E-state index contributed by atoms with van der Waals surface area (Å²) >= 11 is 0. The van der Waals surface area contributed by atoms with Crippen LogP contribution in [0.5, 0.6) is 0 Å². The SMILES string of the molecule is CCOC(=O)/C(C)=C/[C@@H](C)CO. The van der Waals surface area contributed by atoms with Gasteiger partial charge in [-0.25, -0.2) is 4.79 Å². The van der Waals surface area contributed by atoms with Gasteiger partial charge in [-0.3, -0.25) is 0 Å². The molecule has 1 atom stereocenters. The van der Waals surface area contributed by atoms with E-state index in [0.717, 1.165) is 0 Å². The molecule has 12 heavy (non-hydrogen) atoms. The van der Waals surface area contributed by atoms with Crippen LogP contribution in [0.25, 0.3) is 0 Å². The van der Waals surface area contributed by atoms with Crippen molar-refractivity contribution >= 4 is 5.97 Å². The van der Waals surface area contributed by atoms with E-state index in [4.69, 9.17) is 9.84 Å². The van der Waals surface area contributed by atoms with Gasteiger partial charge in [-0.1, -0.05) is 13.0 Å². The Balaban J connectivity index is 4.07. The summed E-state index contributed by atoms with van der Waals surface area (Å²) in [5, 5.41) is 8.70. The molecule has 0 spiro atoms. The topological polar surface area (TPSA) is 46.5 Å². The van der Waals surface area contributed by atoms with Crippen LogP contribution in [0.15, 0.2) is 11.6 Å². The third-order valence-electron chi connectivity index (χ3n) is 1.42. The Morgan fingerprint density at radius 2 is 2.25 bits per heavy atom. The lowest BCUT2D eigenvalue weighted by molar-refractivity contribution is -0.138. The molecule has 0 aromatic carbocycles. The van der Waals surface area contributed by atoms with Gasteiger partial charge in [0.25, 0.3) is 0 Å². The first-order valence-electron chi connectivity index (χ1n) is 4.08. The van der Waals surface area contributed by atoms with E-state index >= 15 is 0 Å². The molecule has 0 aliphatic rings. The van der Waals surface area contributed by atoms with Gasteiger partial charge in [-0.2, -0.15) is 0 Å². The fourth-order valence-corrected chi connectivity index (χ4v) is 0.792. The highest BCUT2D eigenvalue weighted by atomic mass is 16.5.